The molecule has 128 valence electrons. The molecule has 0 fully saturated rings. The van der Waals surface area contributed by atoms with E-state index in [0.29, 0.717) is 12.7 Å². The second-order valence-electron chi connectivity index (χ2n) is 6.30. The van der Waals surface area contributed by atoms with Crippen LogP contribution in [0.4, 0.5) is 0 Å². The van der Waals surface area contributed by atoms with Crippen molar-refractivity contribution in [3.05, 3.63) is 0 Å². The quantitative estimate of drug-likeness (QED) is 0.341. The largest absolute Gasteiger partial charge is 0.396 e. The van der Waals surface area contributed by atoms with Crippen molar-refractivity contribution < 1.29 is 9.84 Å². The van der Waals surface area contributed by atoms with Crippen LogP contribution in [0, 0.1) is 0 Å². The van der Waals surface area contributed by atoms with Crippen LogP contribution in [-0.4, -0.2) is 24.4 Å². The number of hydrogen-bond donors (Lipinski definition) is 1. The standard InChI is InChI=1S/C19H40O2/c1-3-5-6-7-8-9-10-11-12-15-18-21-19(4-2)16-13-14-17-20/h19-20H,3-18H2,1-2H3. The molecule has 0 aromatic rings. The first-order chi connectivity index (χ1) is 10.3. The first-order valence-electron chi connectivity index (χ1n) is 9.57. The van der Waals surface area contributed by atoms with Crippen LogP contribution < -0.4 is 0 Å². The molecule has 0 bridgehead atoms. The van der Waals surface area contributed by atoms with Crippen molar-refractivity contribution >= 4 is 0 Å². The van der Waals surface area contributed by atoms with Gasteiger partial charge in [-0.2, -0.15) is 0 Å². The first kappa shape index (κ1) is 20.9. The Bertz CT molecular complexity index is 182. The van der Waals surface area contributed by atoms with Gasteiger partial charge in [0.1, 0.15) is 0 Å². The third-order valence-electron chi connectivity index (χ3n) is 4.24. The fourth-order valence-electron chi connectivity index (χ4n) is 2.73. The number of aliphatic hydroxyl groups is 1. The summed E-state index contributed by atoms with van der Waals surface area (Å²) in [7, 11) is 0. The van der Waals surface area contributed by atoms with E-state index in [1.54, 1.807) is 0 Å². The topological polar surface area (TPSA) is 29.5 Å². The Kier molecular flexibility index (Phi) is 17.9. The van der Waals surface area contributed by atoms with Gasteiger partial charge in [0.2, 0.25) is 0 Å². The number of ether oxygens (including phenoxy) is 1. The van der Waals surface area contributed by atoms with Crippen LogP contribution in [0.2, 0.25) is 0 Å². The molecular weight excluding hydrogens is 260 g/mol. The zero-order valence-corrected chi connectivity index (χ0v) is 14.7. The molecule has 1 N–H and O–H groups in total. The smallest absolute Gasteiger partial charge is 0.0572 e. The summed E-state index contributed by atoms with van der Waals surface area (Å²) in [5.41, 5.74) is 0. The predicted octanol–water partition coefficient (Wildman–Crippen LogP) is 5.87. The lowest BCUT2D eigenvalue weighted by Crippen LogP contribution is -2.12. The monoisotopic (exact) mass is 300 g/mol. The van der Waals surface area contributed by atoms with Gasteiger partial charge in [-0.15, -0.1) is 0 Å². The third kappa shape index (κ3) is 16.1. The maximum absolute atomic E-state index is 8.79. The molecule has 0 amide bonds. The predicted molar refractivity (Wildman–Crippen MR) is 92.8 cm³/mol. The molecule has 0 aliphatic rings. The number of hydrogen-bond acceptors (Lipinski definition) is 2. The Labute approximate surface area is 133 Å². The van der Waals surface area contributed by atoms with Crippen molar-refractivity contribution in [2.45, 2.75) is 110 Å². The second kappa shape index (κ2) is 18.0. The summed E-state index contributed by atoms with van der Waals surface area (Å²) >= 11 is 0. The summed E-state index contributed by atoms with van der Waals surface area (Å²) < 4.78 is 5.93. The van der Waals surface area contributed by atoms with E-state index in [0.717, 1.165) is 32.3 Å². The van der Waals surface area contributed by atoms with Gasteiger partial charge in [0.15, 0.2) is 0 Å². The van der Waals surface area contributed by atoms with Crippen LogP contribution in [0.5, 0.6) is 0 Å². The summed E-state index contributed by atoms with van der Waals surface area (Å²) in [5, 5.41) is 8.79. The summed E-state index contributed by atoms with van der Waals surface area (Å²) in [5.74, 6) is 0. The summed E-state index contributed by atoms with van der Waals surface area (Å²) in [6.07, 6.45) is 18.4. The van der Waals surface area contributed by atoms with Gasteiger partial charge >= 0.3 is 0 Å². The molecule has 0 radical (unpaired) electrons. The molecule has 0 heterocycles. The number of unbranched alkanes of at least 4 members (excludes halogenated alkanes) is 10. The molecule has 0 aliphatic heterocycles. The van der Waals surface area contributed by atoms with Crippen LogP contribution in [0.25, 0.3) is 0 Å². The average Bonchev–Trinajstić information content (AvgIpc) is 2.51. The average molecular weight is 301 g/mol. The Balaban J connectivity index is 3.19. The number of rotatable bonds is 17. The van der Waals surface area contributed by atoms with E-state index in [-0.39, 0.29) is 0 Å². The zero-order valence-electron chi connectivity index (χ0n) is 14.7. The Morgan fingerprint density at radius 1 is 0.714 bits per heavy atom. The molecule has 0 rings (SSSR count). The highest BCUT2D eigenvalue weighted by Crippen LogP contribution is 2.12. The molecule has 21 heavy (non-hydrogen) atoms. The highest BCUT2D eigenvalue weighted by Gasteiger charge is 2.05. The Hall–Kier alpha value is -0.0800. The maximum atomic E-state index is 8.79. The Morgan fingerprint density at radius 2 is 1.29 bits per heavy atom. The lowest BCUT2D eigenvalue weighted by atomic mass is 10.1. The zero-order chi connectivity index (χ0) is 15.6. The van der Waals surface area contributed by atoms with Gasteiger partial charge in [0.05, 0.1) is 6.10 Å². The van der Waals surface area contributed by atoms with Crippen molar-refractivity contribution in [1.29, 1.82) is 0 Å². The SMILES string of the molecule is CCCCCCCCCCCCOC(CC)CCCCO. The maximum Gasteiger partial charge on any atom is 0.0572 e. The molecule has 0 aliphatic carbocycles. The Morgan fingerprint density at radius 3 is 1.81 bits per heavy atom. The lowest BCUT2D eigenvalue weighted by Gasteiger charge is -2.15. The third-order valence-corrected chi connectivity index (χ3v) is 4.24. The minimum atomic E-state index is 0.314. The van der Waals surface area contributed by atoms with E-state index in [1.807, 2.05) is 0 Å². The van der Waals surface area contributed by atoms with Crippen LogP contribution in [0.1, 0.15) is 104 Å². The fraction of sp³-hybridized carbons (Fsp3) is 1.00. The van der Waals surface area contributed by atoms with E-state index < -0.39 is 0 Å². The molecule has 0 saturated heterocycles. The van der Waals surface area contributed by atoms with Gasteiger partial charge in [-0.25, -0.2) is 0 Å². The van der Waals surface area contributed by atoms with Crippen molar-refractivity contribution in [3.8, 4) is 0 Å². The van der Waals surface area contributed by atoms with Crippen LogP contribution in [0.3, 0.4) is 0 Å². The van der Waals surface area contributed by atoms with Crippen LogP contribution >= 0.6 is 0 Å². The molecule has 0 aromatic heterocycles. The molecule has 1 atom stereocenters. The van der Waals surface area contributed by atoms with Crippen LogP contribution in [0.15, 0.2) is 0 Å². The molecule has 2 nitrogen and oxygen atoms in total. The first-order valence-corrected chi connectivity index (χ1v) is 9.57. The van der Waals surface area contributed by atoms with E-state index in [4.69, 9.17) is 9.84 Å². The van der Waals surface area contributed by atoms with Crippen molar-refractivity contribution in [1.82, 2.24) is 0 Å². The van der Waals surface area contributed by atoms with Gasteiger partial charge in [-0.3, -0.25) is 0 Å². The van der Waals surface area contributed by atoms with Gasteiger partial charge in [0.25, 0.3) is 0 Å². The highest BCUT2D eigenvalue weighted by molar-refractivity contribution is 4.56. The van der Waals surface area contributed by atoms with Crippen LogP contribution in [-0.2, 0) is 4.74 Å². The summed E-state index contributed by atoms with van der Waals surface area (Å²) in [4.78, 5) is 0. The van der Waals surface area contributed by atoms with E-state index >= 15 is 0 Å². The fourth-order valence-corrected chi connectivity index (χ4v) is 2.73. The van der Waals surface area contributed by atoms with Crippen molar-refractivity contribution in [2.24, 2.45) is 0 Å². The van der Waals surface area contributed by atoms with E-state index in [1.165, 1.54) is 64.2 Å². The summed E-state index contributed by atoms with van der Waals surface area (Å²) in [6, 6.07) is 0. The molecule has 0 aromatic carbocycles. The minimum Gasteiger partial charge on any atom is -0.396 e. The van der Waals surface area contributed by atoms with E-state index in [2.05, 4.69) is 13.8 Å². The van der Waals surface area contributed by atoms with Gasteiger partial charge in [-0.1, -0.05) is 71.6 Å². The lowest BCUT2D eigenvalue weighted by molar-refractivity contribution is 0.0399. The van der Waals surface area contributed by atoms with Gasteiger partial charge in [-0.05, 0) is 32.1 Å². The molecule has 2 heteroatoms. The molecule has 1 unspecified atom stereocenters. The highest BCUT2D eigenvalue weighted by atomic mass is 16.5. The van der Waals surface area contributed by atoms with Gasteiger partial charge in [0, 0.05) is 13.2 Å². The molecular formula is C19H40O2. The van der Waals surface area contributed by atoms with E-state index in [9.17, 15) is 0 Å². The molecule has 0 spiro atoms. The molecule has 0 saturated carbocycles. The summed E-state index contributed by atoms with van der Waals surface area (Å²) in [6.45, 7) is 5.71. The number of aliphatic hydroxyl groups excluding tert-OH is 1. The second-order valence-corrected chi connectivity index (χ2v) is 6.30. The normalized spacial score (nSPS) is 12.7. The van der Waals surface area contributed by atoms with Crippen molar-refractivity contribution in [3.63, 3.8) is 0 Å². The van der Waals surface area contributed by atoms with Gasteiger partial charge < -0.3 is 9.84 Å². The minimum absolute atomic E-state index is 0.314. The van der Waals surface area contributed by atoms with Crippen molar-refractivity contribution in [2.75, 3.05) is 13.2 Å².